The van der Waals surface area contributed by atoms with Crippen molar-refractivity contribution in [1.82, 2.24) is 4.98 Å². The Morgan fingerprint density at radius 2 is 1.68 bits per heavy atom. The summed E-state index contributed by atoms with van der Waals surface area (Å²) in [6.07, 6.45) is 6.56. The van der Waals surface area contributed by atoms with Gasteiger partial charge in [0, 0.05) is 17.8 Å². The van der Waals surface area contributed by atoms with Crippen molar-refractivity contribution in [2.45, 2.75) is 52.4 Å². The first-order valence-corrected chi connectivity index (χ1v) is 8.42. The van der Waals surface area contributed by atoms with Gasteiger partial charge in [0.25, 0.3) is 0 Å². The lowest BCUT2D eigenvalue weighted by Gasteiger charge is -2.13. The van der Waals surface area contributed by atoms with E-state index in [0.29, 0.717) is 5.92 Å². The molecule has 0 amide bonds. The maximum absolute atomic E-state index is 5.64. The van der Waals surface area contributed by atoms with Gasteiger partial charge < -0.3 is 4.74 Å². The largest absolute Gasteiger partial charge is 0.494 e. The van der Waals surface area contributed by atoms with Crippen LogP contribution in [0, 0.1) is 0 Å². The number of hydrogen-bond acceptors (Lipinski definition) is 2. The number of unbranched alkanes of at least 4 members (excludes halogenated alkanes) is 1. The molecule has 0 bridgehead atoms. The summed E-state index contributed by atoms with van der Waals surface area (Å²) < 4.78 is 5.64. The smallest absolute Gasteiger partial charge is 0.119 e. The maximum Gasteiger partial charge on any atom is 0.119 e. The highest BCUT2D eigenvalue weighted by atomic mass is 16.5. The van der Waals surface area contributed by atoms with Crippen molar-refractivity contribution in [2.24, 2.45) is 0 Å². The van der Waals surface area contributed by atoms with E-state index < -0.39 is 0 Å². The number of rotatable bonds is 8. The summed E-state index contributed by atoms with van der Waals surface area (Å²) in [5.41, 5.74) is 3.76. The molecule has 2 aromatic rings. The molecule has 1 aromatic heterocycles. The van der Waals surface area contributed by atoms with Crippen LogP contribution in [0.5, 0.6) is 5.75 Å². The molecule has 118 valence electrons. The lowest BCUT2D eigenvalue weighted by molar-refractivity contribution is 0.317. The highest BCUT2D eigenvalue weighted by Gasteiger charge is 2.09. The molecule has 0 radical (unpaired) electrons. The summed E-state index contributed by atoms with van der Waals surface area (Å²) >= 11 is 0. The Morgan fingerprint density at radius 3 is 2.27 bits per heavy atom. The van der Waals surface area contributed by atoms with Crippen molar-refractivity contribution in [2.75, 3.05) is 6.61 Å². The van der Waals surface area contributed by atoms with E-state index in [1.807, 2.05) is 6.20 Å². The summed E-state index contributed by atoms with van der Waals surface area (Å²) in [5, 5.41) is 0. The second-order valence-electron chi connectivity index (χ2n) is 5.83. The fraction of sp³-hybridized carbons (Fsp3) is 0.450. The quantitative estimate of drug-likeness (QED) is 0.654. The SMILES string of the molecule is CCCCc1ccc(C(C)c2ccc(OCCC)cc2)cn1. The normalized spacial score (nSPS) is 12.1. The summed E-state index contributed by atoms with van der Waals surface area (Å²) in [5.74, 6) is 1.30. The van der Waals surface area contributed by atoms with Crippen LogP contribution in [0.1, 0.15) is 62.8 Å². The van der Waals surface area contributed by atoms with Gasteiger partial charge in [0.15, 0.2) is 0 Å². The number of benzene rings is 1. The molecule has 0 saturated carbocycles. The van der Waals surface area contributed by atoms with Crippen molar-refractivity contribution < 1.29 is 4.74 Å². The van der Waals surface area contributed by atoms with E-state index in [1.54, 1.807) is 0 Å². The van der Waals surface area contributed by atoms with Crippen molar-refractivity contribution in [3.05, 3.63) is 59.4 Å². The van der Waals surface area contributed by atoms with Crippen molar-refractivity contribution >= 4 is 0 Å². The van der Waals surface area contributed by atoms with Crippen molar-refractivity contribution in [3.63, 3.8) is 0 Å². The second-order valence-corrected chi connectivity index (χ2v) is 5.83. The molecule has 0 aliphatic carbocycles. The Kier molecular flexibility index (Phi) is 6.45. The topological polar surface area (TPSA) is 22.1 Å². The molecule has 1 heterocycles. The van der Waals surface area contributed by atoms with Gasteiger partial charge in [0.2, 0.25) is 0 Å². The molecule has 0 aliphatic heterocycles. The molecule has 0 N–H and O–H groups in total. The van der Waals surface area contributed by atoms with Crippen LogP contribution in [-0.2, 0) is 6.42 Å². The number of pyridine rings is 1. The fourth-order valence-electron chi connectivity index (χ4n) is 2.46. The molecule has 2 rings (SSSR count). The average molecular weight is 297 g/mol. The molecule has 2 heteroatoms. The lowest BCUT2D eigenvalue weighted by Crippen LogP contribution is -1.99. The summed E-state index contributed by atoms with van der Waals surface area (Å²) in [6, 6.07) is 12.8. The van der Waals surface area contributed by atoms with Crippen LogP contribution in [0.15, 0.2) is 42.6 Å². The number of hydrogen-bond donors (Lipinski definition) is 0. The van der Waals surface area contributed by atoms with Gasteiger partial charge >= 0.3 is 0 Å². The van der Waals surface area contributed by atoms with Crippen LogP contribution in [-0.4, -0.2) is 11.6 Å². The molecule has 22 heavy (non-hydrogen) atoms. The third kappa shape index (κ3) is 4.59. The zero-order valence-corrected chi connectivity index (χ0v) is 14.0. The monoisotopic (exact) mass is 297 g/mol. The van der Waals surface area contributed by atoms with Crippen LogP contribution >= 0.6 is 0 Å². The Morgan fingerprint density at radius 1 is 0.955 bits per heavy atom. The van der Waals surface area contributed by atoms with E-state index in [0.717, 1.165) is 25.2 Å². The molecular weight excluding hydrogens is 270 g/mol. The van der Waals surface area contributed by atoms with Gasteiger partial charge in [-0.2, -0.15) is 0 Å². The Balaban J connectivity index is 2.02. The maximum atomic E-state index is 5.64. The zero-order valence-electron chi connectivity index (χ0n) is 14.0. The first kappa shape index (κ1) is 16.5. The van der Waals surface area contributed by atoms with Crippen LogP contribution in [0.25, 0.3) is 0 Å². The minimum absolute atomic E-state index is 0.355. The summed E-state index contributed by atoms with van der Waals surface area (Å²) in [7, 11) is 0. The van der Waals surface area contributed by atoms with E-state index >= 15 is 0 Å². The minimum atomic E-state index is 0.355. The Bertz CT molecular complexity index is 493. The Hall–Kier alpha value is -1.83. The van der Waals surface area contributed by atoms with Gasteiger partial charge in [-0.05, 0) is 48.6 Å². The van der Waals surface area contributed by atoms with Gasteiger partial charge in [-0.3, -0.25) is 4.98 Å². The van der Waals surface area contributed by atoms with Crippen LogP contribution in [0.2, 0.25) is 0 Å². The van der Waals surface area contributed by atoms with E-state index in [1.165, 1.54) is 29.7 Å². The third-order valence-electron chi connectivity index (χ3n) is 3.99. The predicted octanol–water partition coefficient (Wildman–Crippen LogP) is 5.36. The van der Waals surface area contributed by atoms with Gasteiger partial charge in [-0.1, -0.05) is 45.4 Å². The fourth-order valence-corrected chi connectivity index (χ4v) is 2.46. The van der Waals surface area contributed by atoms with Crippen LogP contribution in [0.4, 0.5) is 0 Å². The highest BCUT2D eigenvalue weighted by Crippen LogP contribution is 2.25. The van der Waals surface area contributed by atoms with Gasteiger partial charge in [0.1, 0.15) is 5.75 Å². The van der Waals surface area contributed by atoms with Crippen LogP contribution < -0.4 is 4.74 Å². The third-order valence-corrected chi connectivity index (χ3v) is 3.99. The summed E-state index contributed by atoms with van der Waals surface area (Å²) in [4.78, 5) is 4.60. The van der Waals surface area contributed by atoms with Gasteiger partial charge in [0.05, 0.1) is 6.61 Å². The molecule has 1 aromatic carbocycles. The number of nitrogens with zero attached hydrogens (tertiary/aromatic N) is 1. The van der Waals surface area contributed by atoms with Crippen molar-refractivity contribution in [3.8, 4) is 5.75 Å². The lowest BCUT2D eigenvalue weighted by atomic mass is 9.94. The number of aromatic nitrogens is 1. The first-order valence-electron chi connectivity index (χ1n) is 8.42. The van der Waals surface area contributed by atoms with Gasteiger partial charge in [-0.15, -0.1) is 0 Å². The second kappa shape index (κ2) is 8.57. The molecular formula is C20H27NO. The van der Waals surface area contributed by atoms with E-state index in [4.69, 9.17) is 4.74 Å². The minimum Gasteiger partial charge on any atom is -0.494 e. The average Bonchev–Trinajstić information content (AvgIpc) is 2.58. The molecule has 1 atom stereocenters. The molecule has 0 aliphatic rings. The molecule has 1 unspecified atom stereocenters. The van der Waals surface area contributed by atoms with E-state index in [-0.39, 0.29) is 0 Å². The highest BCUT2D eigenvalue weighted by molar-refractivity contribution is 5.34. The molecule has 0 spiro atoms. The van der Waals surface area contributed by atoms with E-state index in [2.05, 4.69) is 62.2 Å². The standard InChI is InChI=1S/C20H27NO/c1-4-6-7-19-11-8-18(15-21-19)16(3)17-9-12-20(13-10-17)22-14-5-2/h8-13,15-16H,4-7,14H2,1-3H3. The Labute approximate surface area is 134 Å². The van der Waals surface area contributed by atoms with Crippen LogP contribution in [0.3, 0.4) is 0 Å². The molecule has 0 fully saturated rings. The zero-order chi connectivity index (χ0) is 15.8. The van der Waals surface area contributed by atoms with Gasteiger partial charge in [-0.25, -0.2) is 0 Å². The van der Waals surface area contributed by atoms with Crippen molar-refractivity contribution in [1.29, 1.82) is 0 Å². The van der Waals surface area contributed by atoms with E-state index in [9.17, 15) is 0 Å². The predicted molar refractivity (Wildman–Crippen MR) is 92.6 cm³/mol. The number of aryl methyl sites for hydroxylation is 1. The first-order chi connectivity index (χ1) is 10.7. The summed E-state index contributed by atoms with van der Waals surface area (Å²) in [6.45, 7) is 7.33. The molecule has 2 nitrogen and oxygen atoms in total. The number of ether oxygens (including phenoxy) is 1. The molecule has 0 saturated heterocycles.